The van der Waals surface area contributed by atoms with E-state index in [2.05, 4.69) is 10.6 Å². The number of carboxylic acid groups (broad SMARTS) is 1. The second-order valence-electron chi connectivity index (χ2n) is 9.15. The number of aryl methyl sites for hydroxylation is 1. The van der Waals surface area contributed by atoms with Gasteiger partial charge in [-0.15, -0.1) is 0 Å². The first kappa shape index (κ1) is 28.0. The van der Waals surface area contributed by atoms with Crippen LogP contribution in [0.4, 0.5) is 11.4 Å². The predicted octanol–water partition coefficient (Wildman–Crippen LogP) is 5.03. The number of carbonyl (C=O) groups is 2. The third-order valence-corrected chi connectivity index (χ3v) is 5.80. The van der Waals surface area contributed by atoms with Crippen LogP contribution in [0.2, 0.25) is 0 Å². The molecule has 0 bridgehead atoms. The highest BCUT2D eigenvalue weighted by molar-refractivity contribution is 6.08. The normalized spacial score (nSPS) is 11.5. The van der Waals surface area contributed by atoms with Gasteiger partial charge < -0.3 is 30.9 Å². The molecule has 0 fully saturated rings. The van der Waals surface area contributed by atoms with Crippen LogP contribution in [0.3, 0.4) is 0 Å². The van der Waals surface area contributed by atoms with Gasteiger partial charge in [-0.3, -0.25) is 10.2 Å². The minimum atomic E-state index is -1.06. The SMILES string of the molecule is CCOc1cccc(CNc2ccc(C)cc2C(=O)Nc2ccc(C(=N)N)cc2)c1OC(C(=O)O)C(C)C. The lowest BCUT2D eigenvalue weighted by Gasteiger charge is -2.23. The second kappa shape index (κ2) is 12.6. The number of amidine groups is 1. The Kier molecular flexibility index (Phi) is 9.32. The molecule has 0 saturated carbocycles. The minimum absolute atomic E-state index is 0.0483. The van der Waals surface area contributed by atoms with Crippen molar-refractivity contribution in [2.24, 2.45) is 11.7 Å². The highest BCUT2D eigenvalue weighted by Gasteiger charge is 2.26. The van der Waals surface area contributed by atoms with E-state index < -0.39 is 12.1 Å². The number of rotatable bonds is 12. The zero-order valence-electron chi connectivity index (χ0n) is 22.0. The van der Waals surface area contributed by atoms with E-state index in [1.54, 1.807) is 50.2 Å². The molecule has 3 rings (SSSR count). The quantitative estimate of drug-likeness (QED) is 0.167. The van der Waals surface area contributed by atoms with Crippen LogP contribution in [-0.4, -0.2) is 35.5 Å². The number of aliphatic carboxylic acids is 1. The number of amides is 1. The van der Waals surface area contributed by atoms with Crippen LogP contribution in [0.5, 0.6) is 11.5 Å². The highest BCUT2D eigenvalue weighted by Crippen LogP contribution is 2.34. The summed E-state index contributed by atoms with van der Waals surface area (Å²) in [5.41, 5.74) is 9.28. The first-order chi connectivity index (χ1) is 18.1. The van der Waals surface area contributed by atoms with E-state index in [1.807, 2.05) is 38.1 Å². The van der Waals surface area contributed by atoms with Crippen LogP contribution in [-0.2, 0) is 11.3 Å². The number of hydrogen-bond donors (Lipinski definition) is 5. The molecule has 1 unspecified atom stereocenters. The average Bonchev–Trinajstić information content (AvgIpc) is 2.87. The van der Waals surface area contributed by atoms with Crippen molar-refractivity contribution in [3.05, 3.63) is 82.9 Å². The number of carboxylic acids is 1. The Morgan fingerprint density at radius 1 is 1.08 bits per heavy atom. The molecule has 9 heteroatoms. The molecule has 0 aromatic heterocycles. The molecular formula is C29H34N4O5. The number of para-hydroxylation sites is 1. The Labute approximate surface area is 222 Å². The Bertz CT molecular complexity index is 1300. The van der Waals surface area contributed by atoms with E-state index in [9.17, 15) is 14.7 Å². The summed E-state index contributed by atoms with van der Waals surface area (Å²) in [6, 6.07) is 17.6. The second-order valence-corrected chi connectivity index (χ2v) is 9.15. The van der Waals surface area contributed by atoms with Crippen LogP contribution < -0.4 is 25.8 Å². The number of anilines is 2. The average molecular weight is 519 g/mol. The van der Waals surface area contributed by atoms with E-state index in [0.29, 0.717) is 46.2 Å². The molecule has 200 valence electrons. The molecule has 0 saturated heterocycles. The standard InChI is InChI=1S/C29H34N4O5/c1-5-37-24-8-6-7-20(26(24)38-25(17(2)3)29(35)36)16-32-23-14-9-18(4)15-22(23)28(34)33-21-12-10-19(11-13-21)27(30)31/h6-15,17,25,32H,5,16H2,1-4H3,(H3,30,31)(H,33,34)(H,35,36). The van der Waals surface area contributed by atoms with Crippen LogP contribution >= 0.6 is 0 Å². The van der Waals surface area contributed by atoms with Gasteiger partial charge in [0.25, 0.3) is 5.91 Å². The molecule has 3 aromatic rings. The summed E-state index contributed by atoms with van der Waals surface area (Å²) in [5.74, 6) is -0.870. The molecule has 0 aliphatic carbocycles. The third kappa shape index (κ3) is 7.03. The number of nitrogen functional groups attached to an aromatic ring is 1. The smallest absolute Gasteiger partial charge is 0.345 e. The monoisotopic (exact) mass is 518 g/mol. The Morgan fingerprint density at radius 3 is 2.39 bits per heavy atom. The summed E-state index contributed by atoms with van der Waals surface area (Å²) < 4.78 is 11.7. The summed E-state index contributed by atoms with van der Waals surface area (Å²) >= 11 is 0. The molecule has 1 amide bonds. The third-order valence-electron chi connectivity index (χ3n) is 5.80. The Morgan fingerprint density at radius 2 is 1.79 bits per heavy atom. The number of benzene rings is 3. The molecule has 0 radical (unpaired) electrons. The maximum absolute atomic E-state index is 13.2. The van der Waals surface area contributed by atoms with E-state index in [0.717, 1.165) is 5.56 Å². The zero-order chi connectivity index (χ0) is 27.8. The molecule has 3 aromatic carbocycles. The number of nitrogens with two attached hydrogens (primary N) is 1. The van der Waals surface area contributed by atoms with Crippen molar-refractivity contribution in [3.63, 3.8) is 0 Å². The van der Waals surface area contributed by atoms with Gasteiger partial charge in [0.05, 0.1) is 12.2 Å². The molecule has 1 atom stereocenters. The van der Waals surface area contributed by atoms with Crippen LogP contribution in [0, 0.1) is 18.3 Å². The zero-order valence-corrected chi connectivity index (χ0v) is 22.0. The van der Waals surface area contributed by atoms with Gasteiger partial charge in [0.15, 0.2) is 17.6 Å². The molecule has 0 aliphatic rings. The molecule has 9 nitrogen and oxygen atoms in total. The van der Waals surface area contributed by atoms with Gasteiger partial charge in [0, 0.05) is 35.0 Å². The van der Waals surface area contributed by atoms with Gasteiger partial charge >= 0.3 is 5.97 Å². The van der Waals surface area contributed by atoms with Crippen molar-refractivity contribution in [3.8, 4) is 11.5 Å². The van der Waals surface area contributed by atoms with Gasteiger partial charge in [-0.25, -0.2) is 4.79 Å². The minimum Gasteiger partial charge on any atom is -0.490 e. The maximum Gasteiger partial charge on any atom is 0.345 e. The first-order valence-electron chi connectivity index (χ1n) is 12.3. The van der Waals surface area contributed by atoms with Crippen LogP contribution in [0.25, 0.3) is 0 Å². The fourth-order valence-electron chi connectivity index (χ4n) is 3.82. The fourth-order valence-corrected chi connectivity index (χ4v) is 3.82. The van der Waals surface area contributed by atoms with E-state index in [4.69, 9.17) is 20.6 Å². The summed E-state index contributed by atoms with van der Waals surface area (Å²) in [7, 11) is 0. The van der Waals surface area contributed by atoms with Crippen molar-refractivity contribution in [2.45, 2.75) is 40.3 Å². The highest BCUT2D eigenvalue weighted by atomic mass is 16.5. The fraction of sp³-hybridized carbons (Fsp3) is 0.276. The molecule has 0 spiro atoms. The summed E-state index contributed by atoms with van der Waals surface area (Å²) in [4.78, 5) is 25.0. The van der Waals surface area contributed by atoms with Crippen molar-refractivity contribution in [1.82, 2.24) is 0 Å². The Balaban J connectivity index is 1.87. The molecule has 6 N–H and O–H groups in total. The van der Waals surface area contributed by atoms with E-state index in [-0.39, 0.29) is 24.2 Å². The lowest BCUT2D eigenvalue weighted by molar-refractivity contribution is -0.147. The summed E-state index contributed by atoms with van der Waals surface area (Å²) in [6.07, 6.45) is -1.05. The first-order valence-corrected chi connectivity index (χ1v) is 12.3. The molecule has 38 heavy (non-hydrogen) atoms. The van der Waals surface area contributed by atoms with E-state index in [1.165, 1.54) is 0 Å². The van der Waals surface area contributed by atoms with Crippen molar-refractivity contribution < 1.29 is 24.2 Å². The summed E-state index contributed by atoms with van der Waals surface area (Å²) in [5, 5.41) is 23.4. The van der Waals surface area contributed by atoms with Gasteiger partial charge in [-0.1, -0.05) is 37.6 Å². The number of ether oxygens (including phenoxy) is 2. The van der Waals surface area contributed by atoms with Crippen molar-refractivity contribution in [1.29, 1.82) is 5.41 Å². The predicted molar refractivity (Wildman–Crippen MR) is 148 cm³/mol. The molecular weight excluding hydrogens is 484 g/mol. The van der Waals surface area contributed by atoms with Gasteiger partial charge in [-0.05, 0) is 56.3 Å². The van der Waals surface area contributed by atoms with Crippen molar-refractivity contribution >= 4 is 29.1 Å². The lowest BCUT2D eigenvalue weighted by atomic mass is 10.1. The van der Waals surface area contributed by atoms with Crippen molar-refractivity contribution in [2.75, 3.05) is 17.2 Å². The number of hydrogen-bond acceptors (Lipinski definition) is 6. The largest absolute Gasteiger partial charge is 0.490 e. The van der Waals surface area contributed by atoms with Gasteiger partial charge in [-0.2, -0.15) is 0 Å². The molecule has 0 heterocycles. The van der Waals surface area contributed by atoms with Gasteiger partial charge in [0.1, 0.15) is 5.84 Å². The molecule has 0 aliphatic heterocycles. The van der Waals surface area contributed by atoms with E-state index >= 15 is 0 Å². The van der Waals surface area contributed by atoms with Gasteiger partial charge in [0.2, 0.25) is 0 Å². The van der Waals surface area contributed by atoms with Crippen LogP contribution in [0.1, 0.15) is 47.8 Å². The summed E-state index contributed by atoms with van der Waals surface area (Å²) in [6.45, 7) is 7.96. The lowest BCUT2D eigenvalue weighted by Crippen LogP contribution is -2.32. The topological polar surface area (TPSA) is 147 Å². The Hall–Kier alpha value is -4.53. The maximum atomic E-state index is 13.2. The number of nitrogens with one attached hydrogen (secondary N) is 3. The number of carbonyl (C=O) groups excluding carboxylic acids is 1. The van der Waals surface area contributed by atoms with Crippen LogP contribution in [0.15, 0.2) is 60.7 Å².